The van der Waals surface area contributed by atoms with Gasteiger partial charge in [0.1, 0.15) is 23.1 Å². The second-order valence-electron chi connectivity index (χ2n) is 17.6. The van der Waals surface area contributed by atoms with Crippen LogP contribution >= 0.6 is 0 Å². The lowest BCUT2D eigenvalue weighted by Gasteiger charge is -2.34. The number of likely N-dealkylation sites (tertiary alicyclic amines) is 2. The molecule has 64 heavy (non-hydrogen) atoms. The summed E-state index contributed by atoms with van der Waals surface area (Å²) in [4.78, 5) is 81.2. The van der Waals surface area contributed by atoms with E-state index in [-0.39, 0.29) is 71.6 Å². The molecule has 2 aromatic heterocycles. The van der Waals surface area contributed by atoms with Gasteiger partial charge in [-0.1, -0.05) is 48.5 Å². The average Bonchev–Trinajstić information content (AvgIpc) is 4.14. The lowest BCUT2D eigenvalue weighted by Crippen LogP contribution is -2.43. The normalized spacial score (nSPS) is 26.5. The van der Waals surface area contributed by atoms with Crippen LogP contribution in [-0.2, 0) is 28.5 Å². The van der Waals surface area contributed by atoms with Crippen LogP contribution < -0.4 is 0 Å². The van der Waals surface area contributed by atoms with Crippen LogP contribution in [0, 0.1) is 11.8 Å². The van der Waals surface area contributed by atoms with E-state index in [0.29, 0.717) is 50.4 Å². The number of nitrogens with one attached hydrogen (secondary N) is 2. The fourth-order valence-corrected chi connectivity index (χ4v) is 10.0. The molecule has 4 saturated heterocycles. The van der Waals surface area contributed by atoms with Crippen LogP contribution in [0.3, 0.4) is 0 Å². The molecule has 8 rings (SSSR count). The van der Waals surface area contributed by atoms with Gasteiger partial charge in [-0.2, -0.15) is 9.98 Å². The second kappa shape index (κ2) is 19.4. The van der Waals surface area contributed by atoms with E-state index in [1.54, 1.807) is 22.2 Å². The van der Waals surface area contributed by atoms with E-state index in [1.807, 2.05) is 52.0 Å². The molecular formula is C48H58N8O8. The number of methoxy groups -OCH3 is 2. The predicted octanol–water partition coefficient (Wildman–Crippen LogP) is 8.28. The van der Waals surface area contributed by atoms with Crippen molar-refractivity contribution in [3.8, 4) is 33.6 Å². The van der Waals surface area contributed by atoms with Crippen LogP contribution in [0.5, 0.6) is 0 Å². The first-order valence-corrected chi connectivity index (χ1v) is 22.5. The van der Waals surface area contributed by atoms with Gasteiger partial charge in [0.2, 0.25) is 0 Å². The number of carbonyl (C=O) groups is 4. The Labute approximate surface area is 373 Å². The number of hydrogen-bond donors (Lipinski definition) is 2. The van der Waals surface area contributed by atoms with Crippen molar-refractivity contribution in [2.45, 2.75) is 116 Å². The minimum atomic E-state index is -0.782. The smallest absolute Gasteiger partial charge is 0.433 e. The van der Waals surface area contributed by atoms with Crippen LogP contribution in [0.15, 0.2) is 70.9 Å². The van der Waals surface area contributed by atoms with Gasteiger partial charge >= 0.3 is 12.2 Å². The Morgan fingerprint density at radius 3 is 1.27 bits per heavy atom. The summed E-state index contributed by atoms with van der Waals surface area (Å²) < 4.78 is 21.5. The SMILES string of the molecule is COC(=O)N=C(C(=O)N1CCC[C@H]1c1ncc(-c2ccc(-c3ccc(-c4cnc([C@@H]5CCCN5C(=O)C(=NC(=O)OC)C5C[C@@H](C)O[C@H](C)C5)[nH]4)cc3)cc2)[nH]1)C1CC(C)O[C@H](C)C1. The number of aliphatic imine (C=N–C) groups is 2. The van der Waals surface area contributed by atoms with Gasteiger partial charge in [-0.25, -0.2) is 19.6 Å². The maximum Gasteiger partial charge on any atom is 0.433 e. The molecular weight excluding hydrogens is 817 g/mol. The largest absolute Gasteiger partial charge is 0.451 e. The van der Waals surface area contributed by atoms with Gasteiger partial charge in [0, 0.05) is 24.9 Å². The van der Waals surface area contributed by atoms with Gasteiger partial charge < -0.3 is 38.7 Å². The highest BCUT2D eigenvalue weighted by Crippen LogP contribution is 2.37. The van der Waals surface area contributed by atoms with Crippen LogP contribution in [0.1, 0.15) is 103 Å². The summed E-state index contributed by atoms with van der Waals surface area (Å²) >= 11 is 0. The maximum absolute atomic E-state index is 14.1. The zero-order valence-electron chi connectivity index (χ0n) is 37.4. The topological polar surface area (TPSA) is 194 Å². The molecule has 16 nitrogen and oxygen atoms in total. The third-order valence-electron chi connectivity index (χ3n) is 13.0. The number of imidazole rings is 2. The number of H-pyrrole nitrogens is 2. The maximum atomic E-state index is 14.1. The van der Waals surface area contributed by atoms with Gasteiger partial charge in [-0.05, 0) is 101 Å². The third-order valence-corrected chi connectivity index (χ3v) is 13.0. The number of carbonyl (C=O) groups excluding carboxylic acids is 4. The Balaban J connectivity index is 0.929. The average molecular weight is 875 g/mol. The number of aromatic amines is 2. The number of rotatable bonds is 9. The van der Waals surface area contributed by atoms with Crippen molar-refractivity contribution >= 4 is 35.4 Å². The van der Waals surface area contributed by atoms with E-state index >= 15 is 0 Å². The fraction of sp³-hybridized carbons (Fsp3) is 0.500. The van der Waals surface area contributed by atoms with E-state index in [2.05, 4.69) is 44.2 Å². The van der Waals surface area contributed by atoms with Crippen molar-refractivity contribution in [1.29, 1.82) is 0 Å². The molecule has 0 radical (unpaired) electrons. The van der Waals surface area contributed by atoms with Crippen molar-refractivity contribution in [3.63, 3.8) is 0 Å². The van der Waals surface area contributed by atoms with Gasteiger partial charge in [-0.3, -0.25) is 9.59 Å². The van der Waals surface area contributed by atoms with E-state index < -0.39 is 12.2 Å². The van der Waals surface area contributed by atoms with E-state index in [1.165, 1.54) is 14.2 Å². The molecule has 16 heteroatoms. The molecule has 0 bridgehead atoms. The predicted molar refractivity (Wildman–Crippen MR) is 240 cm³/mol. The van der Waals surface area contributed by atoms with E-state index in [0.717, 1.165) is 59.3 Å². The molecule has 2 N–H and O–H groups in total. The van der Waals surface area contributed by atoms with Crippen molar-refractivity contribution in [2.75, 3.05) is 27.3 Å². The zero-order valence-corrected chi connectivity index (χ0v) is 37.4. The summed E-state index contributed by atoms with van der Waals surface area (Å²) in [6, 6.07) is 15.9. The zero-order chi connectivity index (χ0) is 45.1. The Hall–Kier alpha value is -6.00. The molecule has 6 heterocycles. The first-order valence-electron chi connectivity index (χ1n) is 22.5. The van der Waals surface area contributed by atoms with Crippen molar-refractivity contribution < 1.29 is 38.1 Å². The third kappa shape index (κ3) is 9.72. The standard InChI is InChI=1S/C48H58N8O8/c1-27-21-35(22-28(2)63-27)41(53-47(59)61-5)45(57)55-19-7-9-39(55)43-49-25-37(51-43)33-15-11-31(12-16-33)32-13-17-34(18-14-32)38-26-50-44(52-38)40-10-8-20-56(40)46(58)42(54-48(60)62-6)36-23-29(3)64-30(4)24-36/h11-18,25-30,35-36,39-40H,7-10,19-24H2,1-6H3,(H,49,51)(H,50,52)/t27-,28-,29-,30?,36?,39+,40+/m1/s1. The Bertz CT molecular complexity index is 2200. The summed E-state index contributed by atoms with van der Waals surface area (Å²) in [5, 5.41) is 0. The highest BCUT2D eigenvalue weighted by atomic mass is 16.5. The molecule has 338 valence electrons. The minimum absolute atomic E-state index is 0.0585. The molecule has 0 aliphatic carbocycles. The van der Waals surface area contributed by atoms with Crippen molar-refractivity contribution in [2.24, 2.45) is 21.8 Å². The molecule has 4 amide bonds. The Morgan fingerprint density at radius 1 is 0.578 bits per heavy atom. The number of amides is 4. The summed E-state index contributed by atoms with van der Waals surface area (Å²) in [5.41, 5.74) is 6.12. The molecule has 4 fully saturated rings. The van der Waals surface area contributed by atoms with Gasteiger partial charge in [0.05, 0.1) is 74.5 Å². The first-order chi connectivity index (χ1) is 30.9. The van der Waals surface area contributed by atoms with E-state index in [4.69, 9.17) is 28.9 Å². The van der Waals surface area contributed by atoms with Gasteiger partial charge in [0.25, 0.3) is 11.8 Å². The number of ether oxygens (including phenoxy) is 4. The molecule has 0 saturated carbocycles. The van der Waals surface area contributed by atoms with Crippen LogP contribution in [0.2, 0.25) is 0 Å². The molecule has 4 aromatic rings. The Kier molecular flexibility index (Phi) is 13.5. The molecule has 0 spiro atoms. The summed E-state index contributed by atoms with van der Waals surface area (Å²) in [7, 11) is 2.53. The lowest BCUT2D eigenvalue weighted by molar-refractivity contribution is -0.126. The molecule has 7 atom stereocenters. The number of aromatic nitrogens is 4. The van der Waals surface area contributed by atoms with Crippen LogP contribution in [0.4, 0.5) is 9.59 Å². The number of nitrogens with zero attached hydrogens (tertiary/aromatic N) is 6. The Morgan fingerprint density at radius 2 is 0.922 bits per heavy atom. The van der Waals surface area contributed by atoms with Gasteiger partial charge in [-0.15, -0.1) is 0 Å². The molecule has 4 aliphatic heterocycles. The number of hydrogen-bond acceptors (Lipinski definition) is 10. The summed E-state index contributed by atoms with van der Waals surface area (Å²) in [5.74, 6) is 0.425. The van der Waals surface area contributed by atoms with Crippen LogP contribution in [0.25, 0.3) is 33.6 Å². The van der Waals surface area contributed by atoms with Gasteiger partial charge in [0.15, 0.2) is 0 Å². The van der Waals surface area contributed by atoms with Crippen molar-refractivity contribution in [1.82, 2.24) is 29.7 Å². The first kappa shape index (κ1) is 44.6. The quantitative estimate of drug-likeness (QED) is 0.155. The van der Waals surface area contributed by atoms with Crippen molar-refractivity contribution in [3.05, 3.63) is 72.6 Å². The molecule has 2 aromatic carbocycles. The monoisotopic (exact) mass is 874 g/mol. The van der Waals surface area contributed by atoms with E-state index in [9.17, 15) is 19.2 Å². The van der Waals surface area contributed by atoms with Crippen LogP contribution in [-0.4, -0.2) is 117 Å². The highest BCUT2D eigenvalue weighted by Gasteiger charge is 2.41. The summed E-state index contributed by atoms with van der Waals surface area (Å²) in [6.45, 7) is 8.97. The second-order valence-corrected chi connectivity index (χ2v) is 17.6. The minimum Gasteiger partial charge on any atom is -0.451 e. The summed E-state index contributed by atoms with van der Waals surface area (Å²) in [6.07, 6.45) is 7.28. The highest BCUT2D eigenvalue weighted by molar-refractivity contribution is 6.41. The molecule has 2 unspecified atom stereocenters. The fourth-order valence-electron chi connectivity index (χ4n) is 10.0. The lowest BCUT2D eigenvalue weighted by atomic mass is 9.87. The number of benzene rings is 2. The molecule has 4 aliphatic rings.